The van der Waals surface area contributed by atoms with Crippen LogP contribution in [0.1, 0.15) is 22.5 Å². The van der Waals surface area contributed by atoms with E-state index in [0.717, 1.165) is 15.7 Å². The van der Waals surface area contributed by atoms with Gasteiger partial charge in [-0.3, -0.25) is 9.47 Å². The summed E-state index contributed by atoms with van der Waals surface area (Å²) < 4.78 is 40.7. The van der Waals surface area contributed by atoms with Crippen LogP contribution in [0.3, 0.4) is 0 Å². The zero-order valence-corrected chi connectivity index (χ0v) is 14.3. The van der Waals surface area contributed by atoms with Gasteiger partial charge in [-0.05, 0) is 44.2 Å². The summed E-state index contributed by atoms with van der Waals surface area (Å²) in [6.45, 7) is 4.83. The molecule has 1 heterocycles. The number of halogens is 3. The van der Waals surface area contributed by atoms with Crippen LogP contribution in [0.2, 0.25) is 0 Å². The first kappa shape index (κ1) is 17.7. The van der Waals surface area contributed by atoms with Crippen LogP contribution in [-0.2, 0) is 26.4 Å². The number of aryl methyl sites for hydroxylation is 2. The molecule has 0 amide bonds. The maximum Gasteiger partial charge on any atom is 0.451 e. The van der Waals surface area contributed by atoms with E-state index in [9.17, 15) is 13.2 Å². The minimum Gasteiger partial charge on any atom is -0.299 e. The Bertz CT molecular complexity index is 761. The van der Waals surface area contributed by atoms with Crippen LogP contribution in [-0.4, -0.2) is 26.3 Å². The Morgan fingerprint density at radius 3 is 2.43 bits per heavy atom. The largest absolute Gasteiger partial charge is 0.451 e. The highest BCUT2D eigenvalue weighted by Crippen LogP contribution is 2.27. The maximum absolute atomic E-state index is 12.9. The van der Waals surface area contributed by atoms with Gasteiger partial charge in [0.2, 0.25) is 5.82 Å². The highest BCUT2D eigenvalue weighted by Gasteiger charge is 2.37. The van der Waals surface area contributed by atoms with E-state index in [1.54, 1.807) is 0 Å². The molecule has 0 bridgehead atoms. The van der Waals surface area contributed by atoms with Gasteiger partial charge in [-0.1, -0.05) is 23.8 Å². The number of benzene rings is 1. The lowest BCUT2D eigenvalue weighted by Gasteiger charge is -2.18. The molecular weight excluding hydrogens is 325 g/mol. The lowest BCUT2D eigenvalue weighted by atomic mass is 10.1. The average molecular weight is 344 g/mol. The third kappa shape index (κ3) is 4.00. The molecule has 0 saturated carbocycles. The van der Waals surface area contributed by atoms with E-state index in [1.807, 2.05) is 37.9 Å². The molecule has 8 heteroatoms. The first-order valence-corrected chi connectivity index (χ1v) is 7.46. The molecule has 0 aliphatic heterocycles. The Hall–Kier alpha value is -1.67. The Kier molecular flexibility index (Phi) is 4.95. The van der Waals surface area contributed by atoms with Crippen molar-refractivity contribution in [2.24, 2.45) is 7.05 Å². The van der Waals surface area contributed by atoms with E-state index in [2.05, 4.69) is 11.2 Å². The molecule has 0 atom stereocenters. The SMILES string of the molecule is Cc1ccc(CN(C)Cn2nc(C(F)(F)F)n(C)c2=S)c(C)c1. The second-order valence-electron chi connectivity index (χ2n) is 5.75. The average Bonchev–Trinajstić information content (AvgIpc) is 2.70. The van der Waals surface area contributed by atoms with Crippen molar-refractivity contribution in [1.82, 2.24) is 19.2 Å². The molecular formula is C15H19F3N4S. The summed E-state index contributed by atoms with van der Waals surface area (Å²) in [6.07, 6.45) is -4.51. The van der Waals surface area contributed by atoms with Gasteiger partial charge in [-0.2, -0.15) is 13.2 Å². The summed E-state index contributed by atoms with van der Waals surface area (Å²) in [4.78, 5) is 1.88. The molecule has 0 radical (unpaired) electrons. The second kappa shape index (κ2) is 6.45. The van der Waals surface area contributed by atoms with Crippen molar-refractivity contribution >= 4 is 12.2 Å². The smallest absolute Gasteiger partial charge is 0.299 e. The first-order chi connectivity index (χ1) is 10.6. The third-order valence-corrected chi connectivity index (χ3v) is 4.09. The Labute approximate surface area is 138 Å². The van der Waals surface area contributed by atoms with Gasteiger partial charge < -0.3 is 0 Å². The Morgan fingerprint density at radius 2 is 1.91 bits per heavy atom. The zero-order chi connectivity index (χ0) is 17.4. The van der Waals surface area contributed by atoms with Gasteiger partial charge in [0.1, 0.15) is 0 Å². The van der Waals surface area contributed by atoms with Gasteiger partial charge in [0, 0.05) is 13.6 Å². The molecule has 0 saturated heterocycles. The van der Waals surface area contributed by atoms with Crippen molar-refractivity contribution in [1.29, 1.82) is 0 Å². The molecule has 0 spiro atoms. The van der Waals surface area contributed by atoms with Gasteiger partial charge in [0.15, 0.2) is 4.77 Å². The molecule has 2 rings (SSSR count). The number of alkyl halides is 3. The fourth-order valence-corrected chi connectivity index (χ4v) is 2.60. The van der Waals surface area contributed by atoms with Crippen molar-refractivity contribution in [3.8, 4) is 0 Å². The second-order valence-corrected chi connectivity index (χ2v) is 6.11. The van der Waals surface area contributed by atoms with Crippen LogP contribution in [0.15, 0.2) is 18.2 Å². The van der Waals surface area contributed by atoms with Crippen molar-refractivity contribution in [3.63, 3.8) is 0 Å². The number of aromatic nitrogens is 3. The Morgan fingerprint density at radius 1 is 1.26 bits per heavy atom. The maximum atomic E-state index is 12.9. The van der Waals surface area contributed by atoms with E-state index in [-0.39, 0.29) is 11.4 Å². The summed E-state index contributed by atoms with van der Waals surface area (Å²) in [5, 5.41) is 3.61. The normalized spacial score (nSPS) is 12.2. The number of nitrogens with zero attached hydrogens (tertiary/aromatic N) is 4. The molecule has 2 aromatic rings. The van der Waals surface area contributed by atoms with Crippen molar-refractivity contribution < 1.29 is 13.2 Å². The standard InChI is InChI=1S/C15H19F3N4S/c1-10-5-6-12(11(2)7-10)8-20(3)9-22-14(23)21(4)13(19-22)15(16,17)18/h5-7H,8-9H2,1-4H3. The molecule has 0 fully saturated rings. The van der Waals surface area contributed by atoms with Crippen LogP contribution >= 0.6 is 12.2 Å². The highest BCUT2D eigenvalue weighted by molar-refractivity contribution is 7.71. The first-order valence-electron chi connectivity index (χ1n) is 7.05. The summed E-state index contributed by atoms with van der Waals surface area (Å²) in [5.74, 6) is -0.984. The Balaban J connectivity index is 2.18. The van der Waals surface area contributed by atoms with Crippen LogP contribution in [0.5, 0.6) is 0 Å². The number of rotatable bonds is 4. The lowest BCUT2D eigenvalue weighted by Crippen LogP contribution is -2.23. The fraction of sp³-hybridized carbons (Fsp3) is 0.467. The zero-order valence-electron chi connectivity index (χ0n) is 13.5. The molecule has 1 aromatic heterocycles. The van der Waals surface area contributed by atoms with E-state index < -0.39 is 12.0 Å². The summed E-state index contributed by atoms with van der Waals surface area (Å²) in [5.41, 5.74) is 3.45. The van der Waals surface area contributed by atoms with Gasteiger partial charge in [-0.15, -0.1) is 5.10 Å². The van der Waals surface area contributed by atoms with Crippen LogP contribution in [0, 0.1) is 18.6 Å². The van der Waals surface area contributed by atoms with E-state index in [4.69, 9.17) is 12.2 Å². The highest BCUT2D eigenvalue weighted by atomic mass is 32.1. The predicted molar refractivity (Wildman–Crippen MR) is 84.4 cm³/mol. The molecule has 23 heavy (non-hydrogen) atoms. The third-order valence-electron chi connectivity index (χ3n) is 3.61. The van der Waals surface area contributed by atoms with E-state index >= 15 is 0 Å². The predicted octanol–water partition coefficient (Wildman–Crippen LogP) is 3.68. The minimum atomic E-state index is -4.51. The van der Waals surface area contributed by atoms with Crippen LogP contribution in [0.4, 0.5) is 13.2 Å². The van der Waals surface area contributed by atoms with Gasteiger partial charge in [0.05, 0.1) is 6.67 Å². The van der Waals surface area contributed by atoms with Gasteiger partial charge >= 0.3 is 6.18 Å². The van der Waals surface area contributed by atoms with Crippen LogP contribution < -0.4 is 0 Å². The van der Waals surface area contributed by atoms with Crippen molar-refractivity contribution in [2.75, 3.05) is 7.05 Å². The van der Waals surface area contributed by atoms with E-state index in [0.29, 0.717) is 6.54 Å². The molecule has 0 unspecified atom stereocenters. The number of hydrogen-bond donors (Lipinski definition) is 0. The molecule has 0 aliphatic rings. The summed E-state index contributed by atoms with van der Waals surface area (Å²) in [6, 6.07) is 6.13. The number of hydrogen-bond acceptors (Lipinski definition) is 3. The molecule has 4 nitrogen and oxygen atoms in total. The van der Waals surface area contributed by atoms with Gasteiger partial charge in [-0.25, -0.2) is 4.68 Å². The fourth-order valence-electron chi connectivity index (χ4n) is 2.42. The molecule has 126 valence electrons. The van der Waals surface area contributed by atoms with Crippen molar-refractivity contribution in [2.45, 2.75) is 33.2 Å². The minimum absolute atomic E-state index is 0.0461. The van der Waals surface area contributed by atoms with E-state index in [1.165, 1.54) is 17.3 Å². The lowest BCUT2D eigenvalue weighted by molar-refractivity contribution is -0.147. The molecule has 0 aliphatic carbocycles. The van der Waals surface area contributed by atoms with Gasteiger partial charge in [0.25, 0.3) is 0 Å². The van der Waals surface area contributed by atoms with Crippen LogP contribution in [0.25, 0.3) is 0 Å². The molecule has 1 aromatic carbocycles. The van der Waals surface area contributed by atoms with Crippen molar-refractivity contribution in [3.05, 3.63) is 45.5 Å². The monoisotopic (exact) mass is 344 g/mol. The summed E-state index contributed by atoms with van der Waals surface area (Å²) >= 11 is 5.05. The molecule has 0 N–H and O–H groups in total. The topological polar surface area (TPSA) is 26.0 Å². The quantitative estimate of drug-likeness (QED) is 0.792. The summed E-state index contributed by atoms with van der Waals surface area (Å²) in [7, 11) is 3.10.